The zero-order valence-corrected chi connectivity index (χ0v) is 30.7. The van der Waals surface area contributed by atoms with E-state index in [2.05, 4.69) is 32.1 Å². The van der Waals surface area contributed by atoms with Gasteiger partial charge in [0.2, 0.25) is 10.0 Å². The number of ketones is 1. The quantitative estimate of drug-likeness (QED) is 0.278. The molecule has 8 atom stereocenters. The van der Waals surface area contributed by atoms with Crippen molar-refractivity contribution in [2.45, 2.75) is 141 Å². The fourth-order valence-electron chi connectivity index (χ4n) is 15.6. The van der Waals surface area contributed by atoms with Crippen LogP contribution in [0.4, 0.5) is 0 Å². The van der Waals surface area contributed by atoms with Gasteiger partial charge < -0.3 is 10.2 Å². The van der Waals surface area contributed by atoms with Gasteiger partial charge in [0.25, 0.3) is 0 Å². The van der Waals surface area contributed by atoms with E-state index in [1.807, 2.05) is 0 Å². The van der Waals surface area contributed by atoms with Gasteiger partial charge in [-0.25, -0.2) is 8.42 Å². The van der Waals surface area contributed by atoms with Gasteiger partial charge >= 0.3 is 0 Å². The molecule has 11 aliphatic carbocycles. The van der Waals surface area contributed by atoms with Crippen LogP contribution in [0.15, 0.2) is 23.8 Å². The smallest absolute Gasteiger partial charge is 0.211 e. The van der Waals surface area contributed by atoms with Crippen molar-refractivity contribution in [1.82, 2.24) is 4.31 Å². The summed E-state index contributed by atoms with van der Waals surface area (Å²) in [5.74, 6) is 3.00. The number of rotatable bonds is 7. The Balaban J connectivity index is 1.09. The van der Waals surface area contributed by atoms with Crippen molar-refractivity contribution in [3.8, 4) is 0 Å². The minimum absolute atomic E-state index is 0.0450. The molecule has 8 fully saturated rings. The Morgan fingerprint density at radius 3 is 2.06 bits per heavy atom. The second-order valence-electron chi connectivity index (χ2n) is 20.0. The van der Waals surface area contributed by atoms with E-state index in [9.17, 15) is 23.4 Å². The lowest BCUT2D eigenvalue weighted by Gasteiger charge is -2.71. The second kappa shape index (κ2) is 10.5. The Kier molecular flexibility index (Phi) is 7.21. The van der Waals surface area contributed by atoms with Crippen LogP contribution >= 0.6 is 0 Å². The number of fused-ring (bicyclic) bond motifs is 1. The first-order valence-corrected chi connectivity index (χ1v) is 21.8. The molecule has 266 valence electrons. The molecule has 48 heavy (non-hydrogen) atoms. The predicted octanol–water partition coefficient (Wildman–Crippen LogP) is 7.20. The summed E-state index contributed by atoms with van der Waals surface area (Å²) in [5.41, 5.74) is -1.38. The van der Waals surface area contributed by atoms with Gasteiger partial charge in [0.05, 0.1) is 18.0 Å². The fraction of sp³-hybridized carbons (Fsp3) is 0.878. The summed E-state index contributed by atoms with van der Waals surface area (Å²) in [6.45, 7) is 5.44. The van der Waals surface area contributed by atoms with E-state index in [1.165, 1.54) is 31.9 Å². The topological polar surface area (TPSA) is 94.9 Å². The van der Waals surface area contributed by atoms with Crippen molar-refractivity contribution < 1.29 is 23.4 Å². The SMILES string of the molecule is C[C@]12CC[C@H]3[C@]4(C=C[C@@]5(C=C4C(=O)C4CCCCC4)CC(O)CC[C@]35C)[C@@H]1CC[C@@]2(O)CN(CC12CC3CC(CC(C3)C1)C2)S(C)(=O)=O. The van der Waals surface area contributed by atoms with E-state index in [0.717, 1.165) is 100 Å². The summed E-state index contributed by atoms with van der Waals surface area (Å²) >= 11 is 0. The zero-order valence-electron chi connectivity index (χ0n) is 29.9. The number of Topliss-reactive ketones (excluding diaryl/α,β-unsaturated/α-hetero) is 1. The minimum atomic E-state index is -3.54. The van der Waals surface area contributed by atoms with Crippen molar-refractivity contribution in [3.63, 3.8) is 0 Å². The first kappa shape index (κ1) is 32.9. The number of allylic oxidation sites excluding steroid dienone is 4. The van der Waals surface area contributed by atoms with E-state index in [1.54, 1.807) is 4.31 Å². The average molecular weight is 680 g/mol. The molecular weight excluding hydrogens is 619 g/mol. The van der Waals surface area contributed by atoms with Crippen LogP contribution in [0.1, 0.15) is 129 Å². The summed E-state index contributed by atoms with van der Waals surface area (Å²) in [6, 6.07) is 0. The van der Waals surface area contributed by atoms with Crippen molar-refractivity contribution in [3.05, 3.63) is 23.8 Å². The molecule has 11 aliphatic rings. The van der Waals surface area contributed by atoms with E-state index in [-0.39, 0.29) is 46.6 Å². The number of hydrogen-bond acceptors (Lipinski definition) is 5. The third-order valence-electron chi connectivity index (χ3n) is 17.5. The maximum absolute atomic E-state index is 14.9. The number of sulfonamides is 1. The fourth-order valence-corrected chi connectivity index (χ4v) is 16.6. The molecule has 11 rings (SSSR count). The van der Waals surface area contributed by atoms with Gasteiger partial charge in [0.15, 0.2) is 5.78 Å². The monoisotopic (exact) mass is 679 g/mol. The second-order valence-corrected chi connectivity index (χ2v) is 21.9. The van der Waals surface area contributed by atoms with Crippen LogP contribution in [0.25, 0.3) is 0 Å². The molecule has 6 bridgehead atoms. The molecule has 0 aromatic heterocycles. The molecule has 1 unspecified atom stereocenters. The van der Waals surface area contributed by atoms with Gasteiger partial charge in [0.1, 0.15) is 0 Å². The predicted molar refractivity (Wildman–Crippen MR) is 187 cm³/mol. The lowest BCUT2D eigenvalue weighted by Crippen LogP contribution is -2.67. The highest BCUT2D eigenvalue weighted by Crippen LogP contribution is 2.78. The zero-order chi connectivity index (χ0) is 33.5. The van der Waals surface area contributed by atoms with Crippen LogP contribution in [0.5, 0.6) is 0 Å². The highest BCUT2D eigenvalue weighted by atomic mass is 32.2. The largest absolute Gasteiger partial charge is 0.393 e. The van der Waals surface area contributed by atoms with Crippen LogP contribution in [0.3, 0.4) is 0 Å². The molecule has 0 amide bonds. The van der Waals surface area contributed by atoms with Crippen LogP contribution in [-0.4, -0.2) is 59.8 Å². The first-order chi connectivity index (χ1) is 22.6. The maximum atomic E-state index is 14.9. The Labute approximate surface area is 289 Å². The molecule has 0 aromatic rings. The lowest BCUT2D eigenvalue weighted by atomic mass is 9.32. The van der Waals surface area contributed by atoms with E-state index < -0.39 is 26.5 Å². The number of hydrogen-bond donors (Lipinski definition) is 2. The molecule has 0 aliphatic heterocycles. The Morgan fingerprint density at radius 2 is 1.42 bits per heavy atom. The van der Waals surface area contributed by atoms with E-state index in [0.29, 0.717) is 25.2 Å². The molecule has 2 N–H and O–H groups in total. The highest BCUT2D eigenvalue weighted by molar-refractivity contribution is 7.88. The summed E-state index contributed by atoms with van der Waals surface area (Å²) in [6.07, 6.45) is 26.6. The average Bonchev–Trinajstić information content (AvgIpc) is 3.29. The van der Waals surface area contributed by atoms with Gasteiger partial charge in [0, 0.05) is 40.8 Å². The van der Waals surface area contributed by atoms with Gasteiger partial charge in [-0.1, -0.05) is 51.3 Å². The Hall–Kier alpha value is -1.02. The Bertz CT molecular complexity index is 1510. The number of aliphatic hydroxyl groups is 2. The number of nitrogens with zero attached hydrogens (tertiary/aromatic N) is 1. The maximum Gasteiger partial charge on any atom is 0.211 e. The van der Waals surface area contributed by atoms with Crippen LogP contribution < -0.4 is 0 Å². The van der Waals surface area contributed by atoms with E-state index >= 15 is 0 Å². The Morgan fingerprint density at radius 1 is 0.812 bits per heavy atom. The summed E-state index contributed by atoms with van der Waals surface area (Å²) in [4.78, 5) is 14.9. The third kappa shape index (κ3) is 4.38. The van der Waals surface area contributed by atoms with Gasteiger partial charge in [-0.05, 0) is 137 Å². The van der Waals surface area contributed by atoms with Crippen LogP contribution in [0, 0.1) is 62.6 Å². The first-order valence-electron chi connectivity index (χ1n) is 20.0. The van der Waals surface area contributed by atoms with Crippen molar-refractivity contribution in [2.75, 3.05) is 19.3 Å². The summed E-state index contributed by atoms with van der Waals surface area (Å²) in [5, 5.41) is 24.0. The van der Waals surface area contributed by atoms with Gasteiger partial charge in [-0.3, -0.25) is 4.79 Å². The molecule has 0 saturated heterocycles. The molecule has 2 spiro atoms. The molecule has 0 heterocycles. The number of carbonyl (C=O) groups is 1. The number of carbonyl (C=O) groups excluding carboxylic acids is 1. The summed E-state index contributed by atoms with van der Waals surface area (Å²) in [7, 11) is -3.54. The lowest BCUT2D eigenvalue weighted by molar-refractivity contribution is -0.178. The van der Waals surface area contributed by atoms with Crippen LogP contribution in [-0.2, 0) is 14.8 Å². The van der Waals surface area contributed by atoms with Crippen molar-refractivity contribution >= 4 is 15.8 Å². The standard InChI is InChI=1S/C41H61NO5S/c1-36-12-9-31(43)23-39(36)15-16-41(32(24-39)35(44)30-7-5-4-6-8-30)33(36)10-13-37(2)34(41)11-14-40(37,45)26-42(48(3,46)47)25-38-20-27-17-28(21-38)19-29(18-27)22-38/h15-16,24,27-31,33-34,43,45H,4-14,17-23,25-26H2,1-3H3/t27?,28?,29?,31?,33-,34-,36-,37+,38?,39+,40-,41-/m1/s1. The van der Waals surface area contributed by atoms with Crippen LogP contribution in [0.2, 0.25) is 0 Å². The molecular formula is C41H61NO5S. The summed E-state index contributed by atoms with van der Waals surface area (Å²) < 4.78 is 29.1. The molecule has 6 nitrogen and oxygen atoms in total. The molecule has 0 aromatic carbocycles. The van der Waals surface area contributed by atoms with Crippen molar-refractivity contribution in [1.29, 1.82) is 0 Å². The third-order valence-corrected chi connectivity index (χ3v) is 18.7. The van der Waals surface area contributed by atoms with Crippen molar-refractivity contribution in [2.24, 2.45) is 62.6 Å². The molecule has 0 radical (unpaired) electrons. The molecule has 7 heteroatoms. The minimum Gasteiger partial charge on any atom is -0.393 e. The van der Waals surface area contributed by atoms with Gasteiger partial charge in [-0.2, -0.15) is 4.31 Å². The normalized spacial score (nSPS) is 52.2. The number of aliphatic hydroxyl groups excluding tert-OH is 1. The molecule has 8 saturated carbocycles. The van der Waals surface area contributed by atoms with E-state index in [4.69, 9.17) is 0 Å². The van der Waals surface area contributed by atoms with Gasteiger partial charge in [-0.15, -0.1) is 0 Å². The highest BCUT2D eigenvalue weighted by Gasteiger charge is 2.75.